The molecule has 0 bridgehead atoms. The average molecular weight is 448 g/mol. The first-order valence-corrected chi connectivity index (χ1v) is 9.34. The molecular formula is C20H16O12. The number of aliphatic hydroxyl groups is 3. The maximum Gasteiger partial charge on any atom is 0.344 e. The lowest BCUT2D eigenvalue weighted by Crippen LogP contribution is -2.54. The van der Waals surface area contributed by atoms with E-state index >= 15 is 0 Å². The zero-order chi connectivity index (χ0) is 22.9. The summed E-state index contributed by atoms with van der Waals surface area (Å²) in [5.74, 6) is -1.73. The van der Waals surface area contributed by atoms with Crippen LogP contribution in [-0.4, -0.2) is 63.9 Å². The number of methoxy groups -OCH3 is 1. The Bertz CT molecular complexity index is 1470. The van der Waals surface area contributed by atoms with Crippen molar-refractivity contribution in [3.05, 3.63) is 33.0 Å². The zero-order valence-corrected chi connectivity index (χ0v) is 16.3. The first kappa shape index (κ1) is 20.3. The largest absolute Gasteiger partial charge is 0.504 e. The van der Waals surface area contributed by atoms with Crippen LogP contribution in [0.15, 0.2) is 30.6 Å². The molecule has 0 spiro atoms. The van der Waals surface area contributed by atoms with Crippen LogP contribution in [0.1, 0.15) is 0 Å². The van der Waals surface area contributed by atoms with E-state index in [4.69, 9.17) is 23.0 Å². The number of ether oxygens (including phenoxy) is 3. The maximum absolute atomic E-state index is 12.7. The van der Waals surface area contributed by atoms with E-state index in [1.165, 1.54) is 7.11 Å². The zero-order valence-electron chi connectivity index (χ0n) is 16.3. The third kappa shape index (κ3) is 2.71. The molecule has 0 saturated carbocycles. The smallest absolute Gasteiger partial charge is 0.344 e. The summed E-state index contributed by atoms with van der Waals surface area (Å²) in [6.07, 6.45) is -6.12. The number of phenolic OH excluding ortho intramolecular Hbond substituents is 2. The van der Waals surface area contributed by atoms with Gasteiger partial charge >= 0.3 is 11.3 Å². The van der Waals surface area contributed by atoms with Crippen molar-refractivity contribution in [2.24, 2.45) is 0 Å². The molecule has 168 valence electrons. The van der Waals surface area contributed by atoms with Gasteiger partial charge in [-0.15, -0.1) is 0 Å². The Morgan fingerprint density at radius 1 is 0.938 bits per heavy atom. The van der Waals surface area contributed by atoms with Gasteiger partial charge in [-0.1, -0.05) is 0 Å². The van der Waals surface area contributed by atoms with E-state index < -0.39 is 58.7 Å². The van der Waals surface area contributed by atoms with Gasteiger partial charge in [-0.3, -0.25) is 0 Å². The quantitative estimate of drug-likeness (QED) is 0.204. The lowest BCUT2D eigenvalue weighted by molar-refractivity contribution is -0.242. The lowest BCUT2D eigenvalue weighted by atomic mass is 10.0. The standard InChI is InChI=1S/C20H16O12/c1-28-15-7(21)2-5-11-10-6(19(27)32-17(11)15)3-9(13(24)16(10)31-18(5)26)30-20-14(25)12(23)8(22)4-29-20/h2-3,8,12,14,20-25H,4H2,1H3. The number of benzene rings is 2. The summed E-state index contributed by atoms with van der Waals surface area (Å²) in [5, 5.41) is 50.2. The van der Waals surface area contributed by atoms with Crippen LogP contribution in [0.4, 0.5) is 0 Å². The number of hydrogen-bond donors (Lipinski definition) is 5. The van der Waals surface area contributed by atoms with Gasteiger partial charge in [0.2, 0.25) is 17.8 Å². The second kappa shape index (κ2) is 6.97. The van der Waals surface area contributed by atoms with Crippen LogP contribution in [0.25, 0.3) is 32.7 Å². The highest BCUT2D eigenvalue weighted by atomic mass is 16.7. The molecule has 1 saturated heterocycles. The highest BCUT2D eigenvalue weighted by molar-refractivity contribution is 6.22. The Morgan fingerprint density at radius 2 is 1.56 bits per heavy atom. The third-order valence-electron chi connectivity index (χ3n) is 5.42. The molecule has 3 heterocycles. The van der Waals surface area contributed by atoms with Crippen molar-refractivity contribution in [1.82, 2.24) is 0 Å². The van der Waals surface area contributed by atoms with Crippen LogP contribution in [-0.2, 0) is 4.74 Å². The fourth-order valence-corrected chi connectivity index (χ4v) is 3.86. The molecule has 1 aliphatic heterocycles. The molecule has 0 amide bonds. The first-order valence-electron chi connectivity index (χ1n) is 9.34. The Hall–Kier alpha value is -3.58. The van der Waals surface area contributed by atoms with E-state index in [2.05, 4.69) is 0 Å². The van der Waals surface area contributed by atoms with Gasteiger partial charge in [-0.05, 0) is 12.1 Å². The van der Waals surface area contributed by atoms with Gasteiger partial charge in [0.25, 0.3) is 0 Å². The van der Waals surface area contributed by atoms with Gasteiger partial charge in [0.05, 0.1) is 24.5 Å². The number of rotatable bonds is 3. The van der Waals surface area contributed by atoms with Gasteiger partial charge in [-0.25, -0.2) is 9.59 Å². The Kier molecular flexibility index (Phi) is 4.43. The molecule has 1 fully saturated rings. The molecule has 0 radical (unpaired) electrons. The van der Waals surface area contributed by atoms with Crippen molar-refractivity contribution in [3.63, 3.8) is 0 Å². The number of aromatic hydroxyl groups is 2. The predicted molar refractivity (Wildman–Crippen MR) is 105 cm³/mol. The summed E-state index contributed by atoms with van der Waals surface area (Å²) in [6.45, 7) is -0.363. The van der Waals surface area contributed by atoms with Crippen LogP contribution in [0.2, 0.25) is 0 Å². The van der Waals surface area contributed by atoms with E-state index in [1.54, 1.807) is 0 Å². The summed E-state index contributed by atoms with van der Waals surface area (Å²) >= 11 is 0. The molecule has 4 atom stereocenters. The van der Waals surface area contributed by atoms with E-state index in [9.17, 15) is 35.1 Å². The third-order valence-corrected chi connectivity index (χ3v) is 5.42. The number of hydrogen-bond acceptors (Lipinski definition) is 12. The van der Waals surface area contributed by atoms with Gasteiger partial charge < -0.3 is 48.6 Å². The Morgan fingerprint density at radius 3 is 2.25 bits per heavy atom. The fourth-order valence-electron chi connectivity index (χ4n) is 3.86. The minimum Gasteiger partial charge on any atom is -0.504 e. The second-order valence-electron chi connectivity index (χ2n) is 7.30. The topological polar surface area (TPSA) is 189 Å². The van der Waals surface area contributed by atoms with Crippen molar-refractivity contribution >= 4 is 32.7 Å². The predicted octanol–water partition coefficient (Wildman–Crippen LogP) is -0.272. The van der Waals surface area contributed by atoms with Crippen molar-refractivity contribution < 1.29 is 48.6 Å². The minimum atomic E-state index is -1.68. The monoisotopic (exact) mass is 448 g/mol. The fraction of sp³-hybridized carbons (Fsp3) is 0.300. The summed E-state index contributed by atoms with van der Waals surface area (Å²) in [5.41, 5.74) is -2.50. The molecule has 1 aliphatic rings. The van der Waals surface area contributed by atoms with Crippen molar-refractivity contribution in [1.29, 1.82) is 0 Å². The Labute approximate surface area is 176 Å². The molecule has 0 aliphatic carbocycles. The van der Waals surface area contributed by atoms with Crippen LogP contribution in [0.5, 0.6) is 23.0 Å². The molecular weight excluding hydrogens is 432 g/mol. The van der Waals surface area contributed by atoms with Gasteiger partial charge in [-0.2, -0.15) is 0 Å². The minimum absolute atomic E-state index is 0.0227. The molecule has 5 rings (SSSR count). The number of phenols is 2. The van der Waals surface area contributed by atoms with Crippen molar-refractivity contribution in [2.75, 3.05) is 13.7 Å². The molecule has 2 aromatic carbocycles. The maximum atomic E-state index is 12.7. The molecule has 12 heteroatoms. The highest BCUT2D eigenvalue weighted by Gasteiger charge is 2.39. The van der Waals surface area contributed by atoms with E-state index in [-0.39, 0.29) is 39.5 Å². The molecule has 2 aromatic heterocycles. The molecule has 32 heavy (non-hydrogen) atoms. The Balaban J connectivity index is 1.78. The lowest BCUT2D eigenvalue weighted by Gasteiger charge is -2.35. The van der Waals surface area contributed by atoms with Gasteiger partial charge in [0.15, 0.2) is 22.7 Å². The molecule has 12 nitrogen and oxygen atoms in total. The van der Waals surface area contributed by atoms with E-state index in [1.807, 2.05) is 0 Å². The normalized spacial score (nSPS) is 23.9. The van der Waals surface area contributed by atoms with Crippen LogP contribution >= 0.6 is 0 Å². The summed E-state index contributed by atoms with van der Waals surface area (Å²) in [7, 11) is 1.23. The van der Waals surface area contributed by atoms with Crippen LogP contribution < -0.4 is 20.7 Å². The molecule has 4 unspecified atom stereocenters. The number of aliphatic hydroxyl groups excluding tert-OH is 3. The SMILES string of the molecule is COc1c(O)cc2c(=O)oc3c(O)c(OC4OCC(O)C(O)C4O)cc4c(=O)oc1c2c34. The first-order chi connectivity index (χ1) is 15.2. The highest BCUT2D eigenvalue weighted by Crippen LogP contribution is 2.45. The van der Waals surface area contributed by atoms with Crippen LogP contribution in [0.3, 0.4) is 0 Å². The molecule has 4 aromatic rings. The summed E-state index contributed by atoms with van der Waals surface area (Å²) in [4.78, 5) is 25.3. The van der Waals surface area contributed by atoms with Crippen molar-refractivity contribution in [3.8, 4) is 23.0 Å². The van der Waals surface area contributed by atoms with Crippen LogP contribution in [0, 0.1) is 0 Å². The van der Waals surface area contributed by atoms with E-state index in [0.717, 1.165) is 12.1 Å². The van der Waals surface area contributed by atoms with Gasteiger partial charge in [0.1, 0.15) is 18.3 Å². The average Bonchev–Trinajstić information content (AvgIpc) is 2.76. The van der Waals surface area contributed by atoms with Gasteiger partial charge in [0, 0.05) is 10.8 Å². The van der Waals surface area contributed by atoms with Crippen molar-refractivity contribution in [2.45, 2.75) is 24.6 Å². The summed E-state index contributed by atoms with van der Waals surface area (Å²) < 4.78 is 26.2. The summed E-state index contributed by atoms with van der Waals surface area (Å²) in [6, 6.07) is 2.18. The second-order valence-corrected chi connectivity index (χ2v) is 7.30. The molecule has 5 N–H and O–H groups in total. The van der Waals surface area contributed by atoms with E-state index in [0.29, 0.717) is 0 Å².